The molecule has 0 aliphatic rings. The van der Waals surface area contributed by atoms with Crippen molar-refractivity contribution in [2.75, 3.05) is 0 Å². The van der Waals surface area contributed by atoms with Crippen LogP contribution in [0.15, 0.2) is 212 Å². The van der Waals surface area contributed by atoms with Crippen LogP contribution in [-0.4, -0.2) is 24.5 Å². The van der Waals surface area contributed by atoms with Crippen molar-refractivity contribution < 1.29 is 0 Å². The fourth-order valence-electron chi connectivity index (χ4n) is 8.75. The highest BCUT2D eigenvalue weighted by atomic mass is 32.1. The molecule has 0 fully saturated rings. The summed E-state index contributed by atoms with van der Waals surface area (Å²) in [6, 6.07) is 72.3. The van der Waals surface area contributed by atoms with E-state index in [1.165, 1.54) is 42.0 Å². The molecule has 12 rings (SSSR count). The summed E-state index contributed by atoms with van der Waals surface area (Å²) < 4.78 is 4.89. The average molecular weight is 810 g/mol. The van der Waals surface area contributed by atoms with Crippen LogP contribution in [0, 0.1) is 0 Å². The van der Waals surface area contributed by atoms with Gasteiger partial charge in [0.15, 0.2) is 17.5 Å². The Kier molecular flexibility index (Phi) is 8.61. The number of rotatable bonds is 7. The quantitative estimate of drug-likeness (QED) is 0.161. The second-order valence-corrected chi connectivity index (χ2v) is 16.5. The third kappa shape index (κ3) is 6.16. The molecule has 0 saturated heterocycles. The van der Waals surface area contributed by atoms with Crippen LogP contribution in [0.1, 0.15) is 0 Å². The van der Waals surface area contributed by atoms with E-state index in [4.69, 9.17) is 19.9 Å². The summed E-state index contributed by atoms with van der Waals surface area (Å²) in [6.07, 6.45) is 1.98. The van der Waals surface area contributed by atoms with Gasteiger partial charge in [0, 0.05) is 70.6 Å². The van der Waals surface area contributed by atoms with Gasteiger partial charge < -0.3 is 4.57 Å². The Balaban J connectivity index is 1.08. The van der Waals surface area contributed by atoms with Gasteiger partial charge in [0.25, 0.3) is 0 Å². The summed E-state index contributed by atoms with van der Waals surface area (Å²) in [6.45, 7) is 0. The first kappa shape index (κ1) is 35.8. The zero-order valence-electron chi connectivity index (χ0n) is 33.4. The van der Waals surface area contributed by atoms with E-state index in [2.05, 4.69) is 144 Å². The highest BCUT2D eigenvalue weighted by molar-refractivity contribution is 7.26. The number of hydrogen-bond donors (Lipinski definition) is 0. The first-order valence-corrected chi connectivity index (χ1v) is 21.5. The number of hydrogen-bond acceptors (Lipinski definition) is 5. The minimum Gasteiger partial charge on any atom is -0.309 e. The van der Waals surface area contributed by atoms with E-state index in [0.29, 0.717) is 17.5 Å². The van der Waals surface area contributed by atoms with Gasteiger partial charge in [-0.3, -0.25) is 4.98 Å². The molecule has 0 atom stereocenters. The van der Waals surface area contributed by atoms with Crippen LogP contribution < -0.4 is 0 Å². The standard InChI is InChI=1S/C56H35N5S/c1-5-16-36(17-6-1)39-22-15-23-40(32-39)42-34-47(56-59-54(37-18-7-2-8-19-37)58-55(60-56)38-20-9-3-10-21-38)52(57-35-42)41-28-31-50-46(33-41)44-29-30-49-51(53(44)62-50)45-26-13-14-27-48(45)61(49)43-24-11-4-12-25-43/h1-35H. The van der Waals surface area contributed by atoms with Gasteiger partial charge in [0.1, 0.15) is 0 Å². The molecule has 0 N–H and O–H groups in total. The van der Waals surface area contributed by atoms with Crippen LogP contribution in [0.2, 0.25) is 0 Å². The summed E-state index contributed by atoms with van der Waals surface area (Å²) in [5.41, 5.74) is 12.4. The van der Waals surface area contributed by atoms with Gasteiger partial charge in [-0.1, -0.05) is 158 Å². The number of nitrogens with zero attached hydrogens (tertiary/aromatic N) is 5. The van der Waals surface area contributed by atoms with Gasteiger partial charge >= 0.3 is 0 Å². The Morgan fingerprint density at radius 1 is 0.371 bits per heavy atom. The largest absolute Gasteiger partial charge is 0.309 e. The van der Waals surface area contributed by atoms with Gasteiger partial charge in [-0.25, -0.2) is 15.0 Å². The smallest absolute Gasteiger partial charge is 0.166 e. The third-order valence-corrected chi connectivity index (χ3v) is 12.9. The maximum atomic E-state index is 5.31. The van der Waals surface area contributed by atoms with Gasteiger partial charge in [0.2, 0.25) is 0 Å². The van der Waals surface area contributed by atoms with Gasteiger partial charge in [-0.15, -0.1) is 11.3 Å². The molecule has 4 aromatic heterocycles. The number of para-hydroxylation sites is 2. The molecule has 12 aromatic rings. The summed E-state index contributed by atoms with van der Waals surface area (Å²) in [5, 5.41) is 4.94. The molecule has 0 amide bonds. The molecule has 0 aliphatic heterocycles. The first-order valence-electron chi connectivity index (χ1n) is 20.7. The van der Waals surface area contributed by atoms with E-state index in [-0.39, 0.29) is 0 Å². The lowest BCUT2D eigenvalue weighted by molar-refractivity contribution is 1.07. The first-order chi connectivity index (χ1) is 30.7. The molecular formula is C56H35N5S. The second kappa shape index (κ2) is 14.9. The van der Waals surface area contributed by atoms with Crippen molar-refractivity contribution in [2.24, 2.45) is 0 Å². The fourth-order valence-corrected chi connectivity index (χ4v) is 9.99. The number of aromatic nitrogens is 5. The molecule has 4 heterocycles. The van der Waals surface area contributed by atoms with Crippen LogP contribution >= 0.6 is 11.3 Å². The monoisotopic (exact) mass is 809 g/mol. The molecule has 6 heteroatoms. The van der Waals surface area contributed by atoms with E-state index in [1.807, 2.05) is 84.3 Å². The zero-order valence-corrected chi connectivity index (χ0v) is 34.2. The van der Waals surface area contributed by atoms with Crippen molar-refractivity contribution in [1.29, 1.82) is 0 Å². The predicted octanol–water partition coefficient (Wildman–Crippen LogP) is 14.7. The van der Waals surface area contributed by atoms with Crippen LogP contribution in [0.3, 0.4) is 0 Å². The van der Waals surface area contributed by atoms with Crippen LogP contribution in [0.4, 0.5) is 0 Å². The van der Waals surface area contributed by atoms with E-state index in [0.717, 1.165) is 55.9 Å². The van der Waals surface area contributed by atoms with Gasteiger partial charge in [-0.2, -0.15) is 0 Å². The van der Waals surface area contributed by atoms with Crippen molar-refractivity contribution in [3.05, 3.63) is 212 Å². The molecule has 8 aromatic carbocycles. The van der Waals surface area contributed by atoms with Gasteiger partial charge in [-0.05, 0) is 65.2 Å². The summed E-state index contributed by atoms with van der Waals surface area (Å²) in [4.78, 5) is 20.8. The average Bonchev–Trinajstić information content (AvgIpc) is 3.90. The fraction of sp³-hybridized carbons (Fsp3) is 0. The highest BCUT2D eigenvalue weighted by Gasteiger charge is 2.21. The van der Waals surface area contributed by atoms with E-state index in [1.54, 1.807) is 0 Å². The number of thiophene rings is 1. The van der Waals surface area contributed by atoms with Crippen LogP contribution in [-0.2, 0) is 0 Å². The van der Waals surface area contributed by atoms with Crippen molar-refractivity contribution >= 4 is 53.3 Å². The number of pyridine rings is 1. The zero-order chi connectivity index (χ0) is 41.0. The number of fused-ring (bicyclic) bond motifs is 7. The van der Waals surface area contributed by atoms with Crippen LogP contribution in [0.5, 0.6) is 0 Å². The summed E-state index contributed by atoms with van der Waals surface area (Å²) in [7, 11) is 0. The normalized spacial score (nSPS) is 11.5. The maximum absolute atomic E-state index is 5.31. The molecule has 62 heavy (non-hydrogen) atoms. The SMILES string of the molecule is c1ccc(-c2cccc(-c3cnc(-c4ccc5sc6c(ccc7c6c6ccccc6n7-c6ccccc6)c5c4)c(-c4nc(-c5ccccc5)nc(-c5ccccc5)n4)c3)c2)cc1. The lowest BCUT2D eigenvalue weighted by atomic mass is 9.96. The molecule has 0 aliphatic carbocycles. The third-order valence-electron chi connectivity index (χ3n) is 11.7. The highest BCUT2D eigenvalue weighted by Crippen LogP contribution is 2.45. The Labute approximate surface area is 361 Å². The van der Waals surface area contributed by atoms with E-state index in [9.17, 15) is 0 Å². The second-order valence-electron chi connectivity index (χ2n) is 15.4. The minimum atomic E-state index is 0.562. The van der Waals surface area contributed by atoms with Gasteiger partial charge in [0.05, 0.1) is 16.7 Å². The van der Waals surface area contributed by atoms with Crippen molar-refractivity contribution in [1.82, 2.24) is 24.5 Å². The predicted molar refractivity (Wildman–Crippen MR) is 257 cm³/mol. The van der Waals surface area contributed by atoms with Crippen molar-refractivity contribution in [3.8, 4) is 73.4 Å². The molecule has 0 unspecified atom stereocenters. The summed E-state index contributed by atoms with van der Waals surface area (Å²) >= 11 is 1.85. The maximum Gasteiger partial charge on any atom is 0.166 e. The summed E-state index contributed by atoms with van der Waals surface area (Å²) in [5.74, 6) is 1.77. The number of benzene rings is 8. The molecule has 5 nitrogen and oxygen atoms in total. The molecule has 0 bridgehead atoms. The molecular weight excluding hydrogens is 775 g/mol. The molecule has 0 radical (unpaired) electrons. The molecule has 290 valence electrons. The Bertz CT molecular complexity index is 3560. The Morgan fingerprint density at radius 3 is 1.68 bits per heavy atom. The molecule has 0 saturated carbocycles. The minimum absolute atomic E-state index is 0.562. The van der Waals surface area contributed by atoms with E-state index < -0.39 is 0 Å². The lowest BCUT2D eigenvalue weighted by Gasteiger charge is -2.14. The topological polar surface area (TPSA) is 56.5 Å². The Hall–Kier alpha value is -8.06. The van der Waals surface area contributed by atoms with Crippen molar-refractivity contribution in [2.45, 2.75) is 0 Å². The van der Waals surface area contributed by atoms with Crippen molar-refractivity contribution in [3.63, 3.8) is 0 Å². The van der Waals surface area contributed by atoms with Crippen LogP contribution in [0.25, 0.3) is 115 Å². The molecule has 0 spiro atoms. The van der Waals surface area contributed by atoms with E-state index >= 15 is 0 Å². The Morgan fingerprint density at radius 2 is 0.968 bits per heavy atom. The lowest BCUT2D eigenvalue weighted by Crippen LogP contribution is -2.02.